The van der Waals surface area contributed by atoms with Crippen LogP contribution in [0.25, 0.3) is 0 Å². The molecule has 0 radical (unpaired) electrons. The Kier molecular flexibility index (Phi) is 5.99. The Bertz CT molecular complexity index is 365. The van der Waals surface area contributed by atoms with Gasteiger partial charge in [0, 0.05) is 39.3 Å². The van der Waals surface area contributed by atoms with Gasteiger partial charge in [-0.15, -0.1) is 0 Å². The van der Waals surface area contributed by atoms with Crippen molar-refractivity contribution in [3.63, 3.8) is 0 Å². The van der Waals surface area contributed by atoms with Gasteiger partial charge in [-0.05, 0) is 33.2 Å². The lowest BCUT2D eigenvalue weighted by atomic mass is 10.1. The van der Waals surface area contributed by atoms with Gasteiger partial charge in [0.1, 0.15) is 0 Å². The summed E-state index contributed by atoms with van der Waals surface area (Å²) in [5.41, 5.74) is 0. The molecule has 0 spiro atoms. The minimum atomic E-state index is -0.0948. The number of nitrogens with zero attached hydrogens (tertiary/aromatic N) is 3. The quantitative estimate of drug-likeness (QED) is 0.760. The Morgan fingerprint density at radius 1 is 1.14 bits per heavy atom. The van der Waals surface area contributed by atoms with E-state index in [1.54, 1.807) is 0 Å². The van der Waals surface area contributed by atoms with Crippen LogP contribution in [-0.2, 0) is 9.59 Å². The summed E-state index contributed by atoms with van der Waals surface area (Å²) in [6.45, 7) is 10.0. The van der Waals surface area contributed by atoms with E-state index in [0.29, 0.717) is 6.54 Å². The molecule has 120 valence electrons. The summed E-state index contributed by atoms with van der Waals surface area (Å²) in [4.78, 5) is 30.7. The third kappa shape index (κ3) is 3.95. The molecular weight excluding hydrogens is 268 g/mol. The zero-order chi connectivity index (χ0) is 15.2. The molecule has 2 saturated heterocycles. The normalized spacial score (nSPS) is 23.3. The maximum atomic E-state index is 12.6. The van der Waals surface area contributed by atoms with Crippen LogP contribution in [0.2, 0.25) is 0 Å². The van der Waals surface area contributed by atoms with E-state index in [0.717, 1.165) is 58.7 Å². The lowest BCUT2D eigenvalue weighted by Crippen LogP contribution is -2.53. The van der Waals surface area contributed by atoms with Crippen LogP contribution in [0.4, 0.5) is 0 Å². The van der Waals surface area contributed by atoms with Crippen molar-refractivity contribution in [3.05, 3.63) is 0 Å². The molecule has 1 unspecified atom stereocenters. The first-order valence-corrected chi connectivity index (χ1v) is 8.18. The number of piperazine rings is 1. The second kappa shape index (κ2) is 7.75. The van der Waals surface area contributed by atoms with Gasteiger partial charge in [0.15, 0.2) is 0 Å². The number of hydrogen-bond acceptors (Lipinski definition) is 4. The minimum Gasteiger partial charge on any atom is -0.342 e. The molecule has 1 atom stereocenters. The molecular formula is C15H28N4O2. The maximum Gasteiger partial charge on any atom is 0.240 e. The van der Waals surface area contributed by atoms with Crippen LogP contribution in [0, 0.1) is 0 Å². The number of carbonyl (C=O) groups is 2. The Balaban J connectivity index is 1.93. The predicted octanol–water partition coefficient (Wildman–Crippen LogP) is -0.249. The summed E-state index contributed by atoms with van der Waals surface area (Å²) in [7, 11) is 0. The van der Waals surface area contributed by atoms with Gasteiger partial charge < -0.3 is 15.1 Å². The first kappa shape index (κ1) is 16.2. The number of carbonyl (C=O) groups excluding carboxylic acids is 2. The number of nitrogens with one attached hydrogen (secondary N) is 1. The monoisotopic (exact) mass is 296 g/mol. The molecule has 0 bridgehead atoms. The highest BCUT2D eigenvalue weighted by atomic mass is 16.2. The summed E-state index contributed by atoms with van der Waals surface area (Å²) >= 11 is 0. The number of amides is 2. The number of rotatable bonds is 5. The SMILES string of the molecule is CCN(CC)C(=O)CN1CCCC1C(=O)N1CCNCC1. The summed E-state index contributed by atoms with van der Waals surface area (Å²) < 4.78 is 0. The Morgan fingerprint density at radius 2 is 1.81 bits per heavy atom. The molecule has 6 heteroatoms. The van der Waals surface area contributed by atoms with Crippen LogP contribution in [0.5, 0.6) is 0 Å². The van der Waals surface area contributed by atoms with Gasteiger partial charge in [0.2, 0.25) is 11.8 Å². The molecule has 0 aliphatic carbocycles. The third-order valence-corrected chi connectivity index (χ3v) is 4.53. The van der Waals surface area contributed by atoms with Crippen molar-refractivity contribution in [2.24, 2.45) is 0 Å². The molecule has 21 heavy (non-hydrogen) atoms. The van der Waals surface area contributed by atoms with E-state index >= 15 is 0 Å². The van der Waals surface area contributed by atoms with Crippen LogP contribution in [-0.4, -0.2) is 84.9 Å². The average molecular weight is 296 g/mol. The fourth-order valence-electron chi connectivity index (χ4n) is 3.24. The van der Waals surface area contributed by atoms with E-state index in [2.05, 4.69) is 10.2 Å². The first-order valence-electron chi connectivity index (χ1n) is 8.18. The highest BCUT2D eigenvalue weighted by Gasteiger charge is 2.35. The smallest absolute Gasteiger partial charge is 0.240 e. The van der Waals surface area contributed by atoms with Gasteiger partial charge in [-0.2, -0.15) is 0 Å². The maximum absolute atomic E-state index is 12.6. The molecule has 0 aromatic carbocycles. The van der Waals surface area contributed by atoms with Gasteiger partial charge in [0.05, 0.1) is 12.6 Å². The zero-order valence-electron chi connectivity index (χ0n) is 13.3. The van der Waals surface area contributed by atoms with Crippen molar-refractivity contribution in [2.75, 3.05) is 52.4 Å². The molecule has 2 rings (SSSR count). The second-order valence-electron chi connectivity index (χ2n) is 5.77. The fraction of sp³-hybridized carbons (Fsp3) is 0.867. The Labute approximate surface area is 127 Å². The van der Waals surface area contributed by atoms with Crippen LogP contribution < -0.4 is 5.32 Å². The van der Waals surface area contributed by atoms with E-state index in [9.17, 15) is 9.59 Å². The number of hydrogen-bond donors (Lipinski definition) is 1. The number of likely N-dealkylation sites (N-methyl/N-ethyl adjacent to an activating group) is 1. The van der Waals surface area contributed by atoms with Crippen molar-refractivity contribution < 1.29 is 9.59 Å². The van der Waals surface area contributed by atoms with Crippen molar-refractivity contribution in [1.82, 2.24) is 20.0 Å². The van der Waals surface area contributed by atoms with E-state index in [-0.39, 0.29) is 17.9 Å². The molecule has 2 aliphatic rings. The predicted molar refractivity (Wildman–Crippen MR) is 82.0 cm³/mol. The molecule has 0 saturated carbocycles. The van der Waals surface area contributed by atoms with Crippen LogP contribution >= 0.6 is 0 Å². The van der Waals surface area contributed by atoms with E-state index in [4.69, 9.17) is 0 Å². The van der Waals surface area contributed by atoms with E-state index in [1.165, 1.54) is 0 Å². The fourth-order valence-corrected chi connectivity index (χ4v) is 3.24. The zero-order valence-corrected chi connectivity index (χ0v) is 13.3. The first-order chi connectivity index (χ1) is 10.2. The molecule has 2 heterocycles. The average Bonchev–Trinajstić information content (AvgIpc) is 2.96. The second-order valence-corrected chi connectivity index (χ2v) is 5.77. The summed E-state index contributed by atoms with van der Waals surface area (Å²) in [6.07, 6.45) is 1.89. The third-order valence-electron chi connectivity index (χ3n) is 4.53. The van der Waals surface area contributed by atoms with Crippen LogP contribution in [0.1, 0.15) is 26.7 Å². The molecule has 0 aromatic heterocycles. The van der Waals surface area contributed by atoms with Gasteiger partial charge in [-0.25, -0.2) is 0 Å². The highest BCUT2D eigenvalue weighted by molar-refractivity contribution is 5.84. The van der Waals surface area contributed by atoms with Gasteiger partial charge in [-0.3, -0.25) is 14.5 Å². The van der Waals surface area contributed by atoms with E-state index in [1.807, 2.05) is 23.6 Å². The lowest BCUT2D eigenvalue weighted by Gasteiger charge is -2.33. The Morgan fingerprint density at radius 3 is 2.43 bits per heavy atom. The van der Waals surface area contributed by atoms with Gasteiger partial charge >= 0.3 is 0 Å². The van der Waals surface area contributed by atoms with E-state index < -0.39 is 0 Å². The van der Waals surface area contributed by atoms with Gasteiger partial charge in [0.25, 0.3) is 0 Å². The Hall–Kier alpha value is -1.14. The minimum absolute atomic E-state index is 0.0948. The number of likely N-dealkylation sites (tertiary alicyclic amines) is 1. The van der Waals surface area contributed by atoms with Crippen molar-refractivity contribution in [2.45, 2.75) is 32.7 Å². The standard InChI is InChI=1S/C15H28N4O2/c1-3-17(4-2)14(20)12-19-9-5-6-13(19)15(21)18-10-7-16-8-11-18/h13,16H,3-12H2,1-2H3. The molecule has 6 nitrogen and oxygen atoms in total. The molecule has 2 amide bonds. The van der Waals surface area contributed by atoms with Gasteiger partial charge in [-0.1, -0.05) is 0 Å². The molecule has 0 aromatic rings. The summed E-state index contributed by atoms with van der Waals surface area (Å²) in [5, 5.41) is 3.27. The summed E-state index contributed by atoms with van der Waals surface area (Å²) in [6, 6.07) is -0.0948. The van der Waals surface area contributed by atoms with Crippen LogP contribution in [0.15, 0.2) is 0 Å². The van der Waals surface area contributed by atoms with Crippen molar-refractivity contribution >= 4 is 11.8 Å². The topological polar surface area (TPSA) is 55.9 Å². The van der Waals surface area contributed by atoms with Crippen molar-refractivity contribution in [1.29, 1.82) is 0 Å². The van der Waals surface area contributed by atoms with Crippen LogP contribution in [0.3, 0.4) is 0 Å². The molecule has 2 aliphatic heterocycles. The van der Waals surface area contributed by atoms with Crippen molar-refractivity contribution in [3.8, 4) is 0 Å². The molecule has 2 fully saturated rings. The lowest BCUT2D eigenvalue weighted by molar-refractivity contribution is -0.138. The molecule has 1 N–H and O–H groups in total. The largest absolute Gasteiger partial charge is 0.342 e. The highest BCUT2D eigenvalue weighted by Crippen LogP contribution is 2.19. The summed E-state index contributed by atoms with van der Waals surface area (Å²) in [5.74, 6) is 0.348.